The Morgan fingerprint density at radius 3 is 1.04 bits per heavy atom. The molecular formula is C106H108Cl4N20O10. The van der Waals surface area contributed by atoms with E-state index >= 15 is 0 Å². The number of nitrogens with one attached hydrogen (secondary N) is 4. The highest BCUT2D eigenvalue weighted by Gasteiger charge is 2.24. The van der Waals surface area contributed by atoms with Crippen molar-refractivity contribution in [3.8, 4) is 89.5 Å². The van der Waals surface area contributed by atoms with Crippen LogP contribution in [0.25, 0.3) is 134 Å². The summed E-state index contributed by atoms with van der Waals surface area (Å²) in [5.74, 6) is 1.54. The normalized spacial score (nSPS) is 11.3. The molecule has 12 heterocycles. The second-order valence-corrected chi connectivity index (χ2v) is 34.8. The van der Waals surface area contributed by atoms with Crippen molar-refractivity contribution in [2.75, 3.05) is 81.1 Å². The van der Waals surface area contributed by atoms with E-state index in [4.69, 9.17) is 61.2 Å². The molecule has 0 atom stereocenters. The Kier molecular flexibility index (Phi) is 35.0. The molecule has 0 unspecified atom stereocenters. The average molecular weight is 1960 g/mol. The van der Waals surface area contributed by atoms with Crippen LogP contribution < -0.4 is 43.5 Å². The molecule has 30 nitrogen and oxygen atoms in total. The molecule has 9 N–H and O–H groups in total. The highest BCUT2D eigenvalue weighted by Crippen LogP contribution is 2.38. The molecule has 140 heavy (non-hydrogen) atoms. The van der Waals surface area contributed by atoms with E-state index in [0.717, 1.165) is 89.6 Å². The number of aliphatic hydroxyl groups excluding tert-OH is 5. The summed E-state index contributed by atoms with van der Waals surface area (Å²) in [6, 6.07) is 58.5. The maximum absolute atomic E-state index is 14.1. The van der Waals surface area contributed by atoms with Crippen LogP contribution in [0, 0.1) is 34.6 Å². The summed E-state index contributed by atoms with van der Waals surface area (Å²) in [5, 5.41) is 63.6. The number of aryl methyl sites for hydroxylation is 8. The van der Waals surface area contributed by atoms with Gasteiger partial charge in [0, 0.05) is 241 Å². The predicted octanol–water partition coefficient (Wildman–Crippen LogP) is 18.3. The van der Waals surface area contributed by atoms with Crippen molar-refractivity contribution in [3.05, 3.63) is 314 Å². The van der Waals surface area contributed by atoms with Gasteiger partial charge < -0.3 is 51.5 Å². The number of hydrogen-bond acceptors (Lipinski definition) is 26. The monoisotopic (exact) mass is 1960 g/mol. The van der Waals surface area contributed by atoms with E-state index in [1.165, 1.54) is 0 Å². The first-order chi connectivity index (χ1) is 67.9. The van der Waals surface area contributed by atoms with Crippen molar-refractivity contribution >= 4 is 114 Å². The largest absolute Gasteiger partial charge is 0.396 e. The number of nitrogens with zero attached hydrogens (tertiary/aromatic N) is 16. The number of aliphatic hydroxyl groups is 5. The summed E-state index contributed by atoms with van der Waals surface area (Å²) in [5.41, 5.74) is 18.6. The molecule has 17 rings (SSSR count). The summed E-state index contributed by atoms with van der Waals surface area (Å²) in [6.07, 6.45) is 10.9. The zero-order valence-electron chi connectivity index (χ0n) is 78.9. The molecule has 0 fully saturated rings. The smallest absolute Gasteiger partial charge is 0.260 e. The lowest BCUT2D eigenvalue weighted by Crippen LogP contribution is -2.26. The lowest BCUT2D eigenvalue weighted by atomic mass is 10.0. The summed E-state index contributed by atoms with van der Waals surface area (Å²) in [4.78, 5) is 108. The van der Waals surface area contributed by atoms with E-state index in [1.54, 1.807) is 80.6 Å². The van der Waals surface area contributed by atoms with Gasteiger partial charge in [-0.2, -0.15) is 19.9 Å². The first kappa shape index (κ1) is 102. The van der Waals surface area contributed by atoms with Crippen LogP contribution in [0.5, 0.6) is 0 Å². The van der Waals surface area contributed by atoms with E-state index in [9.17, 15) is 39.6 Å². The van der Waals surface area contributed by atoms with Gasteiger partial charge in [-0.15, -0.1) is 0 Å². The Hall–Kier alpha value is -14.0. The third-order valence-corrected chi connectivity index (χ3v) is 24.8. The number of anilines is 4. The van der Waals surface area contributed by atoms with Crippen molar-refractivity contribution in [1.29, 1.82) is 0 Å². The number of methoxy groups -OCH3 is 1. The molecule has 0 amide bonds. The molecule has 0 radical (unpaired) electrons. The second kappa shape index (κ2) is 48.0. The maximum atomic E-state index is 14.1. The van der Waals surface area contributed by atoms with Crippen LogP contribution in [-0.4, -0.2) is 176 Å². The molecule has 0 saturated heterocycles. The second-order valence-electron chi connectivity index (χ2n) is 33.2. The van der Waals surface area contributed by atoms with Crippen LogP contribution >= 0.6 is 46.4 Å². The number of rotatable bonds is 33. The lowest BCUT2D eigenvalue weighted by molar-refractivity contribution is 0.210. The highest BCUT2D eigenvalue weighted by atomic mass is 35.5. The molecule has 12 aromatic heterocycles. The zero-order chi connectivity index (χ0) is 99.2. The van der Waals surface area contributed by atoms with Gasteiger partial charge in [-0.05, 0) is 195 Å². The number of fused-ring (bicyclic) bond motifs is 4. The SMILES string of the molecule is CCn1c(=O)c(-c2ccc(-c3cccc(C)n3)cc2Cl)cc2cnc(NC(CCO)CCO)nc21.CCn1c(=O)c(-c2ccc(-c3cccc(C)n3)cc2Cl)cc2cnc(NCCOC)nc21.CCn1c(=O)c(-c2ccc(-c3ncccc3C)cc2Cl)cc2cnc(NCCCO)nc21.Cc1cccc(-c2ccc(-c3cc4cnc(NC(CCO)CCO)nc4n(Cc4ccccc4C)c3=O)c(Cl)c2)n1. The number of halogens is 4. The number of aromatic nitrogens is 16. The minimum Gasteiger partial charge on any atom is -0.396 e. The zero-order valence-corrected chi connectivity index (χ0v) is 81.9. The maximum Gasteiger partial charge on any atom is 0.260 e. The van der Waals surface area contributed by atoms with Crippen LogP contribution in [0.1, 0.15) is 86.6 Å². The predicted molar refractivity (Wildman–Crippen MR) is 558 cm³/mol. The standard InChI is InChI=1S/C32H32ClN5O3.C26H28ClN5O3.2C24H24ClN5O2/c1-20-6-3-4-8-23(20)19-38-30-24(18-34-32(37-30)36-25(12-14-39)13-15-40)16-27(31(38)41)26-11-10-22(17-28(26)33)29-9-5-7-21(2)35-29;1-3-32-24-18(15-28-26(31-24)30-19(9-11-33)10-12-34)13-21(25(32)35)20-8-7-17(14-22(20)27)23-6-4-5-16(2)29-23;1-4-30-22-17(14-27-24(29-22)26-10-11-32-3)12-19(23(30)31)18-9-8-16(13-20(18)25)21-7-5-6-15(2)28-21;1-3-30-22-17(14-28-24(29-22)27-10-5-11-31)12-19(23(30)32)18-8-7-16(13-20(18)25)21-15(2)6-4-9-26-21/h3-11,16-18,25,39-40H,12-15,19H2,1-2H3,(H,34,36,37);4-8,13-15,19,33-34H,3,9-12H2,1-2H3,(H,28,30,31);5-9,12-14H,4,10-11H2,1-3H3,(H,26,27,29);4,6-9,12-14,31H,3,5,10-11H2,1-2H3,(H,27,28,29). The third-order valence-electron chi connectivity index (χ3n) is 23.5. The third kappa shape index (κ3) is 24.3. The van der Waals surface area contributed by atoms with E-state index in [-0.39, 0.29) is 67.4 Å². The van der Waals surface area contributed by atoms with Crippen molar-refractivity contribution in [2.45, 2.75) is 126 Å². The van der Waals surface area contributed by atoms with E-state index < -0.39 is 0 Å². The van der Waals surface area contributed by atoms with Crippen LogP contribution in [0.4, 0.5) is 23.8 Å². The van der Waals surface area contributed by atoms with E-state index in [2.05, 4.69) is 76.1 Å². The van der Waals surface area contributed by atoms with Gasteiger partial charge in [0.15, 0.2) is 0 Å². The van der Waals surface area contributed by atoms with Gasteiger partial charge in [-0.3, -0.25) is 57.4 Å². The molecule has 0 saturated carbocycles. The fraction of sp³-hybridized carbons (Fsp3) is 0.264. The minimum atomic E-state index is -0.226. The van der Waals surface area contributed by atoms with Gasteiger partial charge in [0.05, 0.1) is 35.9 Å². The van der Waals surface area contributed by atoms with Gasteiger partial charge in [0.25, 0.3) is 22.2 Å². The number of benzene rings is 5. The first-order valence-electron chi connectivity index (χ1n) is 46.0. The van der Waals surface area contributed by atoms with Crippen LogP contribution in [0.3, 0.4) is 0 Å². The van der Waals surface area contributed by atoms with Crippen molar-refractivity contribution in [2.24, 2.45) is 0 Å². The van der Waals surface area contributed by atoms with Crippen molar-refractivity contribution < 1.29 is 30.3 Å². The Morgan fingerprint density at radius 1 is 0.350 bits per heavy atom. The Morgan fingerprint density at radius 2 is 0.693 bits per heavy atom. The van der Waals surface area contributed by atoms with Crippen LogP contribution in [0.15, 0.2) is 238 Å². The van der Waals surface area contributed by atoms with Gasteiger partial charge in [-0.25, -0.2) is 19.9 Å². The fourth-order valence-electron chi connectivity index (χ4n) is 16.3. The Labute approximate surface area is 828 Å². The van der Waals surface area contributed by atoms with E-state index in [0.29, 0.717) is 200 Å². The van der Waals surface area contributed by atoms with E-state index in [1.807, 2.05) is 219 Å². The quantitative estimate of drug-likeness (QED) is 0.0173. The molecule has 0 bridgehead atoms. The molecule has 17 aromatic rings. The van der Waals surface area contributed by atoms with Gasteiger partial charge in [0.2, 0.25) is 23.8 Å². The lowest BCUT2D eigenvalue weighted by Gasteiger charge is -2.18. The molecule has 0 aliphatic rings. The van der Waals surface area contributed by atoms with Gasteiger partial charge >= 0.3 is 0 Å². The molecule has 34 heteroatoms. The fourth-order valence-corrected chi connectivity index (χ4v) is 17.4. The topological polar surface area (TPSA) is 401 Å². The molecule has 0 aliphatic carbocycles. The van der Waals surface area contributed by atoms with Crippen LogP contribution in [0.2, 0.25) is 20.1 Å². The summed E-state index contributed by atoms with van der Waals surface area (Å²) < 4.78 is 11.6. The molecule has 720 valence electrons. The summed E-state index contributed by atoms with van der Waals surface area (Å²) >= 11 is 26.7. The Balaban J connectivity index is 0.000000149. The molecule has 5 aromatic carbocycles. The molecule has 0 spiro atoms. The van der Waals surface area contributed by atoms with Crippen molar-refractivity contribution in [3.63, 3.8) is 0 Å². The molecule has 0 aliphatic heterocycles. The Bertz CT molecular complexity index is 7580. The number of pyridine rings is 8. The summed E-state index contributed by atoms with van der Waals surface area (Å²) in [7, 11) is 1.63. The molecular weight excluding hydrogens is 1860 g/mol. The minimum absolute atomic E-state index is 0.0201. The van der Waals surface area contributed by atoms with Gasteiger partial charge in [-0.1, -0.05) is 143 Å². The number of hydrogen-bond donors (Lipinski definition) is 9. The number of ether oxygens (including phenoxy) is 1. The van der Waals surface area contributed by atoms with Crippen molar-refractivity contribution in [1.82, 2.24) is 78.1 Å². The van der Waals surface area contributed by atoms with Gasteiger partial charge in [0.1, 0.15) is 22.6 Å². The highest BCUT2D eigenvalue weighted by molar-refractivity contribution is 6.35. The van der Waals surface area contributed by atoms with Crippen LogP contribution in [-0.2, 0) is 30.9 Å². The average Bonchev–Trinajstić information content (AvgIpc) is 0.778. The first-order valence-corrected chi connectivity index (χ1v) is 47.5. The summed E-state index contributed by atoms with van der Waals surface area (Å²) in [6.45, 7) is 18.8.